The molecule has 0 spiro atoms. The fraction of sp³-hybridized carbons (Fsp3) is 0.593. The molecule has 1 heterocycles. The number of carbonyl (C=O) groups is 3. The summed E-state index contributed by atoms with van der Waals surface area (Å²) in [5, 5.41) is 3.03. The summed E-state index contributed by atoms with van der Waals surface area (Å²) in [6, 6.07) is 6.01. The quantitative estimate of drug-likeness (QED) is 0.580. The van der Waals surface area contributed by atoms with Gasteiger partial charge in [0.2, 0.25) is 11.8 Å². The van der Waals surface area contributed by atoms with E-state index in [1.807, 2.05) is 13.8 Å². The third-order valence-corrected chi connectivity index (χ3v) is 7.21. The van der Waals surface area contributed by atoms with E-state index in [4.69, 9.17) is 0 Å². The van der Waals surface area contributed by atoms with Gasteiger partial charge in [-0.15, -0.1) is 0 Å². The molecular weight excluding hydrogens is 433 g/mol. The third-order valence-electron chi connectivity index (χ3n) is 7.21. The molecule has 1 aromatic carbocycles. The Morgan fingerprint density at radius 3 is 2.35 bits per heavy atom. The highest BCUT2D eigenvalue weighted by molar-refractivity contribution is 5.98. The molecule has 186 valence electrons. The number of hydrogen-bond acceptors (Lipinski definition) is 3. The van der Waals surface area contributed by atoms with Crippen LogP contribution < -0.4 is 5.32 Å². The minimum absolute atomic E-state index is 0.0633. The molecule has 0 radical (unpaired) electrons. The van der Waals surface area contributed by atoms with Gasteiger partial charge in [-0.3, -0.25) is 14.4 Å². The predicted octanol–water partition coefficient (Wildman–Crippen LogP) is 4.40. The number of nitrogens with one attached hydrogen (secondary N) is 1. The first-order chi connectivity index (χ1) is 16.3. The SMILES string of the molecule is CCN(CC)C(=O)C1=C(C)N(Cc2ccc(F)cc2)C(=O)C(CC(=O)NCC2CCCCC2)C1. The molecule has 34 heavy (non-hydrogen) atoms. The number of rotatable bonds is 9. The zero-order valence-electron chi connectivity index (χ0n) is 20.7. The Morgan fingerprint density at radius 2 is 1.74 bits per heavy atom. The summed E-state index contributed by atoms with van der Waals surface area (Å²) in [6.45, 7) is 7.68. The van der Waals surface area contributed by atoms with E-state index >= 15 is 0 Å². The molecule has 1 aromatic rings. The van der Waals surface area contributed by atoms with Crippen LogP contribution in [0.1, 0.15) is 71.3 Å². The highest BCUT2D eigenvalue weighted by atomic mass is 19.1. The van der Waals surface area contributed by atoms with E-state index in [1.165, 1.54) is 31.4 Å². The van der Waals surface area contributed by atoms with Gasteiger partial charge in [0.15, 0.2) is 0 Å². The molecule has 1 aliphatic carbocycles. The van der Waals surface area contributed by atoms with Gasteiger partial charge in [-0.05, 0) is 63.6 Å². The molecular formula is C27H38FN3O3. The van der Waals surface area contributed by atoms with Crippen molar-refractivity contribution in [1.82, 2.24) is 15.1 Å². The highest BCUT2D eigenvalue weighted by Crippen LogP contribution is 2.32. The maximum atomic E-state index is 13.4. The molecule has 6 nitrogen and oxygen atoms in total. The summed E-state index contributed by atoms with van der Waals surface area (Å²) in [4.78, 5) is 42.8. The summed E-state index contributed by atoms with van der Waals surface area (Å²) in [6.07, 6.45) is 6.28. The van der Waals surface area contributed by atoms with Gasteiger partial charge < -0.3 is 15.1 Å². The first-order valence-electron chi connectivity index (χ1n) is 12.7. The highest BCUT2D eigenvalue weighted by Gasteiger charge is 2.37. The normalized spacial score (nSPS) is 19.4. The zero-order valence-corrected chi connectivity index (χ0v) is 20.7. The maximum Gasteiger partial charge on any atom is 0.251 e. The van der Waals surface area contributed by atoms with Gasteiger partial charge in [0.05, 0.1) is 12.5 Å². The Labute approximate surface area is 202 Å². The first-order valence-corrected chi connectivity index (χ1v) is 12.7. The molecule has 3 rings (SSSR count). The van der Waals surface area contributed by atoms with Gasteiger partial charge in [-0.25, -0.2) is 4.39 Å². The minimum atomic E-state index is -0.593. The standard InChI is InChI=1S/C27H38FN3O3/c1-4-30(5-2)27(34)24-15-22(16-25(32)29-17-20-9-7-6-8-10-20)26(33)31(19(24)3)18-21-11-13-23(28)14-12-21/h11-14,20,22H,4-10,15-18H2,1-3H3,(H,29,32). The van der Waals surface area contributed by atoms with Crippen LogP contribution in [0.25, 0.3) is 0 Å². The average Bonchev–Trinajstić information content (AvgIpc) is 2.84. The monoisotopic (exact) mass is 471 g/mol. The number of benzene rings is 1. The van der Waals surface area contributed by atoms with Crippen molar-refractivity contribution in [3.63, 3.8) is 0 Å². The van der Waals surface area contributed by atoms with Gasteiger partial charge in [-0.1, -0.05) is 31.4 Å². The Morgan fingerprint density at radius 1 is 1.09 bits per heavy atom. The molecule has 1 N–H and O–H groups in total. The zero-order chi connectivity index (χ0) is 24.7. The molecule has 1 atom stereocenters. The summed E-state index contributed by atoms with van der Waals surface area (Å²) in [5.41, 5.74) is 1.96. The summed E-state index contributed by atoms with van der Waals surface area (Å²) in [5.74, 6) is -0.815. The lowest BCUT2D eigenvalue weighted by Gasteiger charge is -2.36. The van der Waals surface area contributed by atoms with E-state index in [0.29, 0.717) is 36.8 Å². The topological polar surface area (TPSA) is 69.7 Å². The lowest BCUT2D eigenvalue weighted by molar-refractivity contribution is -0.139. The lowest BCUT2D eigenvalue weighted by atomic mass is 9.87. The number of halogens is 1. The second-order valence-corrected chi connectivity index (χ2v) is 9.51. The Hall–Kier alpha value is -2.70. The molecule has 0 saturated heterocycles. The number of nitrogens with zero attached hydrogens (tertiary/aromatic N) is 2. The fourth-order valence-corrected chi connectivity index (χ4v) is 5.05. The predicted molar refractivity (Wildman–Crippen MR) is 130 cm³/mol. The van der Waals surface area contributed by atoms with Crippen LogP contribution in [0.2, 0.25) is 0 Å². The van der Waals surface area contributed by atoms with Crippen LogP contribution >= 0.6 is 0 Å². The molecule has 1 unspecified atom stereocenters. The average molecular weight is 472 g/mol. The number of allylic oxidation sites excluding steroid dienone is 1. The van der Waals surface area contributed by atoms with Crippen LogP contribution in [0.4, 0.5) is 4.39 Å². The van der Waals surface area contributed by atoms with E-state index in [-0.39, 0.29) is 42.9 Å². The van der Waals surface area contributed by atoms with E-state index in [0.717, 1.165) is 18.4 Å². The van der Waals surface area contributed by atoms with Gasteiger partial charge >= 0.3 is 0 Å². The van der Waals surface area contributed by atoms with Gasteiger partial charge in [0.25, 0.3) is 5.91 Å². The molecule has 0 bridgehead atoms. The number of amides is 3. The fourth-order valence-electron chi connectivity index (χ4n) is 5.05. The lowest BCUT2D eigenvalue weighted by Crippen LogP contribution is -2.44. The third kappa shape index (κ3) is 6.45. The van der Waals surface area contributed by atoms with E-state index in [1.54, 1.807) is 28.9 Å². The van der Waals surface area contributed by atoms with Crippen molar-refractivity contribution in [3.8, 4) is 0 Å². The van der Waals surface area contributed by atoms with Gasteiger partial charge in [-0.2, -0.15) is 0 Å². The van der Waals surface area contributed by atoms with Gasteiger partial charge in [0, 0.05) is 37.3 Å². The van der Waals surface area contributed by atoms with Crippen LogP contribution in [0, 0.1) is 17.7 Å². The van der Waals surface area contributed by atoms with Crippen molar-refractivity contribution in [2.45, 2.75) is 72.3 Å². The molecule has 1 saturated carbocycles. The summed E-state index contributed by atoms with van der Waals surface area (Å²) >= 11 is 0. The van der Waals surface area contributed by atoms with Gasteiger partial charge in [0.1, 0.15) is 5.82 Å². The van der Waals surface area contributed by atoms with Crippen LogP contribution in [-0.4, -0.2) is 47.2 Å². The number of carbonyl (C=O) groups excluding carboxylic acids is 3. The van der Waals surface area contributed by atoms with Crippen molar-refractivity contribution < 1.29 is 18.8 Å². The largest absolute Gasteiger partial charge is 0.356 e. The summed E-state index contributed by atoms with van der Waals surface area (Å²) < 4.78 is 13.4. The molecule has 2 aliphatic rings. The van der Waals surface area contributed by atoms with E-state index < -0.39 is 5.92 Å². The van der Waals surface area contributed by atoms with Crippen LogP contribution in [0.3, 0.4) is 0 Å². The minimum Gasteiger partial charge on any atom is -0.356 e. The van der Waals surface area contributed by atoms with Crippen LogP contribution in [0.5, 0.6) is 0 Å². The summed E-state index contributed by atoms with van der Waals surface area (Å²) in [7, 11) is 0. The smallest absolute Gasteiger partial charge is 0.251 e. The van der Waals surface area contributed by atoms with E-state index in [2.05, 4.69) is 5.32 Å². The maximum absolute atomic E-state index is 13.4. The van der Waals surface area contributed by atoms with Crippen molar-refractivity contribution >= 4 is 17.7 Å². The van der Waals surface area contributed by atoms with Crippen molar-refractivity contribution in [1.29, 1.82) is 0 Å². The number of likely N-dealkylation sites (N-methyl/N-ethyl adjacent to an activating group) is 1. The van der Waals surface area contributed by atoms with Crippen LogP contribution in [-0.2, 0) is 20.9 Å². The van der Waals surface area contributed by atoms with Crippen molar-refractivity contribution in [2.24, 2.45) is 11.8 Å². The Kier molecular flexibility index (Phi) is 9.25. The second-order valence-electron chi connectivity index (χ2n) is 9.51. The Balaban J connectivity index is 1.78. The first kappa shape index (κ1) is 25.9. The van der Waals surface area contributed by atoms with Crippen LogP contribution in [0.15, 0.2) is 35.5 Å². The second kappa shape index (κ2) is 12.1. The number of hydrogen-bond donors (Lipinski definition) is 1. The molecule has 7 heteroatoms. The van der Waals surface area contributed by atoms with Crippen molar-refractivity contribution in [3.05, 3.63) is 46.9 Å². The van der Waals surface area contributed by atoms with Crippen molar-refractivity contribution in [2.75, 3.05) is 19.6 Å². The van der Waals surface area contributed by atoms with E-state index in [9.17, 15) is 18.8 Å². The molecule has 0 aromatic heterocycles. The molecule has 3 amide bonds. The molecule has 1 aliphatic heterocycles. The molecule has 1 fully saturated rings. The Bertz CT molecular complexity index is 902.